The number of amides is 1. The van der Waals surface area contributed by atoms with Crippen LogP contribution in [0.4, 0.5) is 5.82 Å². The molecule has 5 nitrogen and oxygen atoms in total. The number of pyridine rings is 1. The van der Waals surface area contributed by atoms with Crippen molar-refractivity contribution in [1.29, 1.82) is 0 Å². The van der Waals surface area contributed by atoms with Crippen molar-refractivity contribution in [1.82, 2.24) is 5.32 Å². The Kier molecular flexibility index (Phi) is 6.35. The van der Waals surface area contributed by atoms with Gasteiger partial charge in [0.05, 0.1) is 12.2 Å². The maximum atomic E-state index is 12.4. The van der Waals surface area contributed by atoms with E-state index in [9.17, 15) is 4.79 Å². The van der Waals surface area contributed by atoms with Crippen LogP contribution in [0.2, 0.25) is 10.0 Å². The van der Waals surface area contributed by atoms with Crippen molar-refractivity contribution in [2.45, 2.75) is 13.0 Å². The number of aromatic nitrogens is 1. The third-order valence-electron chi connectivity index (χ3n) is 4.72. The van der Waals surface area contributed by atoms with Gasteiger partial charge in [0.25, 0.3) is 11.7 Å². The number of aromatic amines is 1. The molecule has 0 spiro atoms. The zero-order chi connectivity index (χ0) is 18.5. The summed E-state index contributed by atoms with van der Waals surface area (Å²) in [5.41, 5.74) is 0.879. The highest BCUT2D eigenvalue weighted by Crippen LogP contribution is 2.25. The van der Waals surface area contributed by atoms with Crippen LogP contribution in [-0.2, 0) is 4.79 Å². The molecular formula is C19H24Cl2N4O+2. The number of hydrogen-bond donors (Lipinski definition) is 2. The Hall–Kier alpha value is -1.82. The first-order valence-corrected chi connectivity index (χ1v) is 9.58. The number of piperazine rings is 1. The first-order chi connectivity index (χ1) is 12.5. The van der Waals surface area contributed by atoms with Gasteiger partial charge in [-0.3, -0.25) is 9.69 Å². The summed E-state index contributed by atoms with van der Waals surface area (Å²) >= 11 is 12.2. The molecule has 0 bridgehead atoms. The van der Waals surface area contributed by atoms with Gasteiger partial charge in [0.2, 0.25) is 0 Å². The molecule has 0 radical (unpaired) electrons. The summed E-state index contributed by atoms with van der Waals surface area (Å²) in [6.45, 7) is 6.15. The second-order valence-corrected chi connectivity index (χ2v) is 7.46. The van der Waals surface area contributed by atoms with E-state index in [4.69, 9.17) is 23.2 Å². The number of nitrogens with zero attached hydrogens (tertiary/aromatic N) is 1. The van der Waals surface area contributed by atoms with Gasteiger partial charge in [-0.15, -0.1) is 0 Å². The van der Waals surface area contributed by atoms with Crippen LogP contribution in [0.25, 0.3) is 0 Å². The van der Waals surface area contributed by atoms with Crippen molar-refractivity contribution in [3.05, 3.63) is 58.2 Å². The quantitative estimate of drug-likeness (QED) is 0.804. The van der Waals surface area contributed by atoms with Crippen LogP contribution < -0.4 is 20.1 Å². The van der Waals surface area contributed by atoms with E-state index in [-0.39, 0.29) is 11.9 Å². The van der Waals surface area contributed by atoms with Crippen LogP contribution in [0, 0.1) is 0 Å². The normalized spacial score (nSPS) is 16.3. The lowest BCUT2D eigenvalue weighted by atomic mass is 10.1. The lowest BCUT2D eigenvalue weighted by Crippen LogP contribution is -3.16. The predicted octanol–water partition coefficient (Wildman–Crippen LogP) is 1.39. The lowest BCUT2D eigenvalue weighted by Gasteiger charge is -2.28. The van der Waals surface area contributed by atoms with E-state index in [1.165, 1.54) is 4.90 Å². The minimum absolute atomic E-state index is 0.0400. The summed E-state index contributed by atoms with van der Waals surface area (Å²) < 4.78 is 0. The average molecular weight is 395 g/mol. The largest absolute Gasteiger partial charge is 0.345 e. The lowest BCUT2D eigenvalue weighted by molar-refractivity contribution is -0.892. The van der Waals surface area contributed by atoms with Gasteiger partial charge in [-0.25, -0.2) is 4.98 Å². The molecule has 2 aromatic rings. The van der Waals surface area contributed by atoms with E-state index < -0.39 is 0 Å². The number of nitrogens with one attached hydrogen (secondary N) is 3. The number of carbonyl (C=O) groups is 1. The van der Waals surface area contributed by atoms with Crippen molar-refractivity contribution >= 4 is 34.9 Å². The highest BCUT2D eigenvalue weighted by Gasteiger charge is 2.27. The monoisotopic (exact) mass is 394 g/mol. The van der Waals surface area contributed by atoms with Crippen LogP contribution in [0.5, 0.6) is 0 Å². The van der Waals surface area contributed by atoms with E-state index in [1.807, 2.05) is 31.3 Å². The zero-order valence-corrected chi connectivity index (χ0v) is 16.3. The van der Waals surface area contributed by atoms with Crippen LogP contribution in [0.15, 0.2) is 42.6 Å². The molecule has 1 aromatic heterocycles. The smallest absolute Gasteiger partial charge is 0.275 e. The molecule has 1 aromatic carbocycles. The highest BCUT2D eigenvalue weighted by atomic mass is 35.5. The number of H-pyrrole nitrogens is 1. The topological polar surface area (TPSA) is 50.9 Å². The molecule has 7 heteroatoms. The van der Waals surface area contributed by atoms with Crippen LogP contribution in [0.3, 0.4) is 0 Å². The fourth-order valence-electron chi connectivity index (χ4n) is 3.27. The molecule has 26 heavy (non-hydrogen) atoms. The van der Waals surface area contributed by atoms with E-state index >= 15 is 0 Å². The van der Waals surface area contributed by atoms with E-state index in [0.29, 0.717) is 16.6 Å². The standard InChI is InChI=1S/C19H22Cl2N4O/c1-14(16-6-5-15(20)12-17(16)21)23-19(26)13-24-8-10-25(11-9-24)18-4-2-3-7-22-18/h2-7,12,14H,8-11,13H2,1H3,(H,23,26)/p+2/t14-/m0/s1. The van der Waals surface area contributed by atoms with Crippen LogP contribution in [0.1, 0.15) is 18.5 Å². The Labute approximate surface area is 163 Å². The third-order valence-corrected chi connectivity index (χ3v) is 5.28. The number of carbonyl (C=O) groups excluding carboxylic acids is 1. The SMILES string of the molecule is C[C@H](NC(=O)C[NH+]1CCN(c2cccc[nH+]2)CC1)c1ccc(Cl)cc1Cl. The Morgan fingerprint density at radius 3 is 2.69 bits per heavy atom. The average Bonchev–Trinajstić information content (AvgIpc) is 2.63. The summed E-state index contributed by atoms with van der Waals surface area (Å²) in [7, 11) is 0. The number of benzene rings is 1. The van der Waals surface area contributed by atoms with Crippen LogP contribution in [-0.4, -0.2) is 38.6 Å². The fourth-order valence-corrected chi connectivity index (χ4v) is 3.84. The number of rotatable bonds is 5. The minimum Gasteiger partial charge on any atom is -0.345 e. The second-order valence-electron chi connectivity index (χ2n) is 6.62. The molecular weight excluding hydrogens is 371 g/mol. The summed E-state index contributed by atoms with van der Waals surface area (Å²) in [5, 5.41) is 4.21. The van der Waals surface area contributed by atoms with Gasteiger partial charge in [0.1, 0.15) is 26.2 Å². The molecule has 0 aliphatic carbocycles. The van der Waals surface area contributed by atoms with Crippen molar-refractivity contribution in [2.75, 3.05) is 37.6 Å². The van der Waals surface area contributed by atoms with E-state index in [2.05, 4.69) is 21.3 Å². The molecule has 1 fully saturated rings. The van der Waals surface area contributed by atoms with Gasteiger partial charge in [-0.05, 0) is 30.7 Å². The van der Waals surface area contributed by atoms with Gasteiger partial charge in [0, 0.05) is 16.1 Å². The van der Waals surface area contributed by atoms with E-state index in [0.717, 1.165) is 37.6 Å². The van der Waals surface area contributed by atoms with Crippen LogP contribution >= 0.6 is 23.2 Å². The maximum Gasteiger partial charge on any atom is 0.275 e. The van der Waals surface area contributed by atoms with Gasteiger partial charge < -0.3 is 10.2 Å². The number of hydrogen-bond acceptors (Lipinski definition) is 2. The molecule has 2 heterocycles. The van der Waals surface area contributed by atoms with Crippen molar-refractivity contribution in [2.24, 2.45) is 0 Å². The summed E-state index contributed by atoms with van der Waals surface area (Å²) in [5.74, 6) is 1.17. The molecule has 0 saturated carbocycles. The number of anilines is 1. The van der Waals surface area contributed by atoms with Gasteiger partial charge >= 0.3 is 0 Å². The molecule has 1 aliphatic heterocycles. The molecule has 1 amide bonds. The molecule has 3 rings (SSSR count). The second kappa shape index (κ2) is 8.71. The van der Waals surface area contributed by atoms with E-state index in [1.54, 1.807) is 12.1 Å². The Morgan fingerprint density at radius 1 is 1.27 bits per heavy atom. The molecule has 3 N–H and O–H groups in total. The van der Waals surface area contributed by atoms with Gasteiger partial charge in [-0.1, -0.05) is 35.3 Å². The van der Waals surface area contributed by atoms with Crippen molar-refractivity contribution in [3.63, 3.8) is 0 Å². The molecule has 1 aliphatic rings. The van der Waals surface area contributed by atoms with Crippen molar-refractivity contribution in [3.8, 4) is 0 Å². The summed E-state index contributed by atoms with van der Waals surface area (Å²) in [6.07, 6.45) is 1.94. The Morgan fingerprint density at radius 2 is 2.04 bits per heavy atom. The summed E-state index contributed by atoms with van der Waals surface area (Å²) in [6, 6.07) is 11.3. The Bertz CT molecular complexity index is 748. The highest BCUT2D eigenvalue weighted by molar-refractivity contribution is 6.35. The first-order valence-electron chi connectivity index (χ1n) is 8.82. The molecule has 1 saturated heterocycles. The predicted molar refractivity (Wildman–Crippen MR) is 104 cm³/mol. The fraction of sp³-hybridized carbons (Fsp3) is 0.368. The zero-order valence-electron chi connectivity index (χ0n) is 14.8. The summed E-state index contributed by atoms with van der Waals surface area (Å²) in [4.78, 5) is 19.3. The molecule has 138 valence electrons. The third kappa shape index (κ3) is 4.87. The van der Waals surface area contributed by atoms with Crippen molar-refractivity contribution < 1.29 is 14.7 Å². The number of halogens is 2. The number of quaternary nitrogens is 1. The first kappa shape index (κ1) is 19.0. The van der Waals surface area contributed by atoms with Gasteiger partial charge in [-0.2, -0.15) is 0 Å². The minimum atomic E-state index is -0.146. The molecule has 1 atom stereocenters. The Balaban J connectivity index is 1.48. The molecule has 0 unspecified atom stereocenters. The maximum absolute atomic E-state index is 12.4. The van der Waals surface area contributed by atoms with Gasteiger partial charge in [0.15, 0.2) is 6.54 Å².